The molecule has 0 amide bonds. The molecule has 1 aromatic rings. The highest BCUT2D eigenvalue weighted by Crippen LogP contribution is 2.18. The average molecular weight is 358 g/mol. The fraction of sp³-hybridized carbons (Fsp3) is 0.647. The summed E-state index contributed by atoms with van der Waals surface area (Å²) in [7, 11) is -3.81. The third kappa shape index (κ3) is 6.14. The maximum absolute atomic E-state index is 12.3. The lowest BCUT2D eigenvalue weighted by Gasteiger charge is -2.27. The Balaban J connectivity index is 1.93. The summed E-state index contributed by atoms with van der Waals surface area (Å²) in [5.74, 6) is 0. The van der Waals surface area contributed by atoms with Crippen LogP contribution in [-0.2, 0) is 28.5 Å². The van der Waals surface area contributed by atoms with Gasteiger partial charge in [0, 0.05) is 13.2 Å². The van der Waals surface area contributed by atoms with E-state index in [1.54, 1.807) is 12.1 Å². The van der Waals surface area contributed by atoms with E-state index in [-0.39, 0.29) is 24.4 Å². The molecule has 1 aromatic carbocycles. The highest BCUT2D eigenvalue weighted by molar-refractivity contribution is 7.86. The van der Waals surface area contributed by atoms with Crippen molar-refractivity contribution in [3.8, 4) is 0 Å². The SMILES string of the molecule is CCOCC(COS(=O)(=O)c1ccc(C)cc1)OC1CCCCO1. The lowest BCUT2D eigenvalue weighted by Crippen LogP contribution is -2.34. The van der Waals surface area contributed by atoms with Crippen molar-refractivity contribution < 1.29 is 26.8 Å². The average Bonchev–Trinajstić information content (AvgIpc) is 2.58. The predicted molar refractivity (Wildman–Crippen MR) is 89.3 cm³/mol. The molecule has 6 nitrogen and oxygen atoms in total. The summed E-state index contributed by atoms with van der Waals surface area (Å²) in [6.45, 7) is 5.12. The molecule has 0 bridgehead atoms. The van der Waals surface area contributed by atoms with Gasteiger partial charge in [-0.1, -0.05) is 17.7 Å². The first kappa shape index (κ1) is 19.3. The number of hydrogen-bond donors (Lipinski definition) is 0. The molecule has 0 saturated carbocycles. The summed E-state index contributed by atoms with van der Waals surface area (Å²) in [6.07, 6.45) is 2.04. The molecular formula is C17H26O6S. The van der Waals surface area contributed by atoms with Gasteiger partial charge >= 0.3 is 0 Å². The first-order chi connectivity index (χ1) is 11.5. The van der Waals surface area contributed by atoms with Crippen molar-refractivity contribution >= 4 is 10.1 Å². The van der Waals surface area contributed by atoms with Crippen molar-refractivity contribution in [1.82, 2.24) is 0 Å². The van der Waals surface area contributed by atoms with Gasteiger partial charge in [-0.3, -0.25) is 4.18 Å². The van der Waals surface area contributed by atoms with Crippen LogP contribution in [0.3, 0.4) is 0 Å². The van der Waals surface area contributed by atoms with E-state index in [0.29, 0.717) is 13.2 Å². The van der Waals surface area contributed by atoms with Gasteiger partial charge in [-0.05, 0) is 45.2 Å². The molecular weight excluding hydrogens is 332 g/mol. The number of aryl methyl sites for hydroxylation is 1. The van der Waals surface area contributed by atoms with Crippen molar-refractivity contribution in [3.05, 3.63) is 29.8 Å². The van der Waals surface area contributed by atoms with Crippen LogP contribution in [-0.4, -0.2) is 47.2 Å². The Morgan fingerprint density at radius 2 is 1.96 bits per heavy atom. The van der Waals surface area contributed by atoms with Gasteiger partial charge in [0.1, 0.15) is 6.10 Å². The van der Waals surface area contributed by atoms with Crippen LogP contribution in [0, 0.1) is 6.92 Å². The Labute approximate surface area is 144 Å². The largest absolute Gasteiger partial charge is 0.379 e. The lowest BCUT2D eigenvalue weighted by atomic mass is 10.2. The third-order valence-corrected chi connectivity index (χ3v) is 5.00. The van der Waals surface area contributed by atoms with Crippen LogP contribution in [0.4, 0.5) is 0 Å². The van der Waals surface area contributed by atoms with Crippen molar-refractivity contribution in [2.24, 2.45) is 0 Å². The van der Waals surface area contributed by atoms with Crippen molar-refractivity contribution in [2.45, 2.75) is 50.4 Å². The molecule has 1 saturated heterocycles. The Morgan fingerprint density at radius 3 is 2.58 bits per heavy atom. The van der Waals surface area contributed by atoms with Gasteiger partial charge < -0.3 is 14.2 Å². The summed E-state index contributed by atoms with van der Waals surface area (Å²) in [6, 6.07) is 6.54. The summed E-state index contributed by atoms with van der Waals surface area (Å²) >= 11 is 0. The first-order valence-corrected chi connectivity index (χ1v) is 9.73. The highest BCUT2D eigenvalue weighted by Gasteiger charge is 2.23. The van der Waals surface area contributed by atoms with Gasteiger partial charge in [0.15, 0.2) is 6.29 Å². The van der Waals surface area contributed by atoms with E-state index in [9.17, 15) is 8.42 Å². The molecule has 136 valence electrons. The molecule has 1 aliphatic rings. The van der Waals surface area contributed by atoms with Crippen LogP contribution >= 0.6 is 0 Å². The lowest BCUT2D eigenvalue weighted by molar-refractivity contribution is -0.202. The van der Waals surface area contributed by atoms with Crippen LogP contribution < -0.4 is 0 Å². The molecule has 24 heavy (non-hydrogen) atoms. The van der Waals surface area contributed by atoms with E-state index in [2.05, 4.69) is 0 Å². The van der Waals surface area contributed by atoms with Gasteiger partial charge in [-0.15, -0.1) is 0 Å². The van der Waals surface area contributed by atoms with Crippen molar-refractivity contribution in [3.63, 3.8) is 0 Å². The number of benzene rings is 1. The van der Waals surface area contributed by atoms with Crippen LogP contribution in [0.25, 0.3) is 0 Å². The molecule has 2 atom stereocenters. The minimum Gasteiger partial charge on any atom is -0.379 e. The maximum atomic E-state index is 12.3. The zero-order valence-electron chi connectivity index (χ0n) is 14.3. The molecule has 0 radical (unpaired) electrons. The quantitative estimate of drug-likeness (QED) is 0.632. The van der Waals surface area contributed by atoms with Gasteiger partial charge in [0.2, 0.25) is 0 Å². The molecule has 0 N–H and O–H groups in total. The topological polar surface area (TPSA) is 71.1 Å². The minimum atomic E-state index is -3.81. The molecule has 2 rings (SSSR count). The summed E-state index contributed by atoms with van der Waals surface area (Å²) in [5, 5.41) is 0. The van der Waals surface area contributed by atoms with Crippen LogP contribution in [0.15, 0.2) is 29.2 Å². The van der Waals surface area contributed by atoms with Gasteiger partial charge in [0.05, 0.1) is 18.1 Å². The molecule has 7 heteroatoms. The standard InChI is InChI=1S/C17H26O6S/c1-3-20-12-15(23-17-6-4-5-11-21-17)13-22-24(18,19)16-9-7-14(2)8-10-16/h7-10,15,17H,3-6,11-13H2,1-2H3. The number of rotatable bonds is 9. The van der Waals surface area contributed by atoms with E-state index >= 15 is 0 Å². The first-order valence-electron chi connectivity index (χ1n) is 8.32. The second-order valence-corrected chi connectivity index (χ2v) is 7.38. The predicted octanol–water partition coefficient (Wildman–Crippen LogP) is 2.65. The molecule has 2 unspecified atom stereocenters. The van der Waals surface area contributed by atoms with E-state index in [1.807, 2.05) is 13.8 Å². The Hall–Kier alpha value is -0.990. The van der Waals surface area contributed by atoms with E-state index in [0.717, 1.165) is 24.8 Å². The zero-order valence-corrected chi connectivity index (χ0v) is 15.1. The summed E-state index contributed by atoms with van der Waals surface area (Å²) < 4.78 is 46.4. The van der Waals surface area contributed by atoms with E-state index in [4.69, 9.17) is 18.4 Å². The second kappa shape index (κ2) is 9.48. The van der Waals surface area contributed by atoms with Gasteiger partial charge in [-0.2, -0.15) is 8.42 Å². The normalized spacial score (nSPS) is 20.0. The maximum Gasteiger partial charge on any atom is 0.297 e. The van der Waals surface area contributed by atoms with E-state index < -0.39 is 16.2 Å². The second-order valence-electron chi connectivity index (χ2n) is 5.77. The highest BCUT2D eigenvalue weighted by atomic mass is 32.2. The molecule has 0 aliphatic carbocycles. The Kier molecular flexibility index (Phi) is 7.64. The van der Waals surface area contributed by atoms with Crippen molar-refractivity contribution in [2.75, 3.05) is 26.4 Å². The van der Waals surface area contributed by atoms with Crippen molar-refractivity contribution in [1.29, 1.82) is 0 Å². The molecule has 0 aromatic heterocycles. The third-order valence-electron chi connectivity index (χ3n) is 3.71. The monoisotopic (exact) mass is 358 g/mol. The summed E-state index contributed by atoms with van der Waals surface area (Å²) in [5.41, 5.74) is 0.987. The Bertz CT molecular complexity index is 578. The summed E-state index contributed by atoms with van der Waals surface area (Å²) in [4.78, 5) is 0.136. The van der Waals surface area contributed by atoms with Crippen LogP contribution in [0.1, 0.15) is 31.7 Å². The van der Waals surface area contributed by atoms with Gasteiger partial charge in [0.25, 0.3) is 10.1 Å². The van der Waals surface area contributed by atoms with Crippen LogP contribution in [0.2, 0.25) is 0 Å². The van der Waals surface area contributed by atoms with Crippen LogP contribution in [0.5, 0.6) is 0 Å². The Morgan fingerprint density at radius 1 is 1.21 bits per heavy atom. The molecule has 1 heterocycles. The fourth-order valence-corrected chi connectivity index (χ4v) is 3.28. The molecule has 1 fully saturated rings. The van der Waals surface area contributed by atoms with E-state index in [1.165, 1.54) is 12.1 Å². The molecule has 0 spiro atoms. The molecule has 1 aliphatic heterocycles. The zero-order chi connectivity index (χ0) is 17.4. The number of hydrogen-bond acceptors (Lipinski definition) is 6. The minimum absolute atomic E-state index is 0.101. The number of ether oxygens (including phenoxy) is 3. The smallest absolute Gasteiger partial charge is 0.297 e. The van der Waals surface area contributed by atoms with Gasteiger partial charge in [-0.25, -0.2) is 0 Å². The fourth-order valence-electron chi connectivity index (χ4n) is 2.35.